The molecule has 1 saturated heterocycles. The first-order valence-electron chi connectivity index (χ1n) is 6.21. The molecule has 0 bridgehead atoms. The molecule has 7 heteroatoms. The average Bonchev–Trinajstić information content (AvgIpc) is 2.82. The predicted molar refractivity (Wildman–Crippen MR) is 72.7 cm³/mol. The maximum absolute atomic E-state index is 12.0. The topological polar surface area (TPSA) is 62.3 Å². The lowest BCUT2D eigenvalue weighted by Gasteiger charge is -2.29. The van der Waals surface area contributed by atoms with Gasteiger partial charge in [0.1, 0.15) is 0 Å². The van der Waals surface area contributed by atoms with E-state index < -0.39 is 10.2 Å². The molecule has 1 aliphatic heterocycles. The van der Waals surface area contributed by atoms with Gasteiger partial charge in [0.15, 0.2) is 0 Å². The summed E-state index contributed by atoms with van der Waals surface area (Å²) in [4.78, 5) is 4.13. The highest BCUT2D eigenvalue weighted by atomic mass is 32.2. The van der Waals surface area contributed by atoms with Crippen LogP contribution in [0.15, 0.2) is 11.6 Å². The van der Waals surface area contributed by atoms with Crippen molar-refractivity contribution in [2.75, 3.05) is 19.6 Å². The Morgan fingerprint density at radius 2 is 2.22 bits per heavy atom. The number of piperidine rings is 1. The van der Waals surface area contributed by atoms with Crippen LogP contribution >= 0.6 is 11.3 Å². The predicted octanol–water partition coefficient (Wildman–Crippen LogP) is 1.25. The van der Waals surface area contributed by atoms with Gasteiger partial charge in [-0.1, -0.05) is 6.92 Å². The summed E-state index contributed by atoms with van der Waals surface area (Å²) in [6.45, 7) is 3.85. The van der Waals surface area contributed by atoms with Crippen molar-refractivity contribution < 1.29 is 8.42 Å². The van der Waals surface area contributed by atoms with Crippen molar-refractivity contribution in [2.45, 2.75) is 26.2 Å². The second kappa shape index (κ2) is 6.10. The average molecular weight is 289 g/mol. The third-order valence-electron chi connectivity index (χ3n) is 3.19. The molecule has 5 nitrogen and oxygen atoms in total. The number of rotatable bonds is 5. The summed E-state index contributed by atoms with van der Waals surface area (Å²) >= 11 is 1.55. The standard InChI is InChI=1S/C11H19N3O2S2/c1-10-3-7-14(8-4-10)18(15,16)13-5-2-11-12-6-9-17-11/h6,9-10,13H,2-5,7-8H2,1H3. The van der Waals surface area contributed by atoms with E-state index in [9.17, 15) is 8.42 Å². The van der Waals surface area contributed by atoms with Crippen molar-refractivity contribution in [3.05, 3.63) is 16.6 Å². The Morgan fingerprint density at radius 3 is 2.83 bits per heavy atom. The fourth-order valence-corrected chi connectivity index (χ4v) is 3.83. The number of hydrogen-bond donors (Lipinski definition) is 1. The summed E-state index contributed by atoms with van der Waals surface area (Å²) in [5.41, 5.74) is 0. The maximum Gasteiger partial charge on any atom is 0.279 e. The lowest BCUT2D eigenvalue weighted by Crippen LogP contribution is -2.45. The summed E-state index contributed by atoms with van der Waals surface area (Å²) in [5.74, 6) is 0.631. The molecule has 1 fully saturated rings. The van der Waals surface area contributed by atoms with Crippen LogP contribution in [0.4, 0.5) is 0 Å². The summed E-state index contributed by atoms with van der Waals surface area (Å²) in [5, 5.41) is 2.86. The van der Waals surface area contributed by atoms with Crippen molar-refractivity contribution in [1.82, 2.24) is 14.0 Å². The van der Waals surface area contributed by atoms with Gasteiger partial charge >= 0.3 is 0 Å². The van der Waals surface area contributed by atoms with Crippen LogP contribution < -0.4 is 4.72 Å². The summed E-state index contributed by atoms with van der Waals surface area (Å²) in [6.07, 6.45) is 4.29. The number of nitrogens with one attached hydrogen (secondary N) is 1. The van der Waals surface area contributed by atoms with Crippen molar-refractivity contribution in [3.8, 4) is 0 Å². The Labute approximate surface area is 112 Å². The Kier molecular flexibility index (Phi) is 4.71. The first kappa shape index (κ1) is 13.9. The van der Waals surface area contributed by atoms with E-state index in [0.29, 0.717) is 32.0 Å². The number of aromatic nitrogens is 1. The largest absolute Gasteiger partial charge is 0.279 e. The molecule has 18 heavy (non-hydrogen) atoms. The third kappa shape index (κ3) is 3.74. The van der Waals surface area contributed by atoms with Crippen LogP contribution in [0.1, 0.15) is 24.8 Å². The van der Waals surface area contributed by atoms with Crippen molar-refractivity contribution in [2.24, 2.45) is 5.92 Å². The lowest BCUT2D eigenvalue weighted by atomic mass is 10.0. The van der Waals surface area contributed by atoms with Gasteiger partial charge in [0.2, 0.25) is 0 Å². The second-order valence-electron chi connectivity index (χ2n) is 4.66. The van der Waals surface area contributed by atoms with E-state index in [1.165, 1.54) is 0 Å². The van der Waals surface area contributed by atoms with Crippen molar-refractivity contribution in [3.63, 3.8) is 0 Å². The molecular formula is C11H19N3O2S2. The lowest BCUT2D eigenvalue weighted by molar-refractivity contribution is 0.285. The minimum absolute atomic E-state index is 0.419. The van der Waals surface area contributed by atoms with Gasteiger partial charge in [-0.05, 0) is 18.8 Å². The summed E-state index contributed by atoms with van der Waals surface area (Å²) in [6, 6.07) is 0. The molecule has 0 amide bonds. The van der Waals surface area contributed by atoms with E-state index in [1.807, 2.05) is 5.38 Å². The highest BCUT2D eigenvalue weighted by molar-refractivity contribution is 7.87. The van der Waals surface area contributed by atoms with Gasteiger partial charge in [0.25, 0.3) is 10.2 Å². The Hall–Kier alpha value is -0.500. The van der Waals surface area contributed by atoms with Gasteiger partial charge in [0.05, 0.1) is 5.01 Å². The number of hydrogen-bond acceptors (Lipinski definition) is 4. The molecule has 0 atom stereocenters. The first-order valence-corrected chi connectivity index (χ1v) is 8.53. The molecule has 1 aromatic heterocycles. The number of nitrogens with zero attached hydrogens (tertiary/aromatic N) is 2. The molecular weight excluding hydrogens is 270 g/mol. The molecule has 2 heterocycles. The normalized spacial score (nSPS) is 19.2. The molecule has 0 unspecified atom stereocenters. The van der Waals surface area contributed by atoms with Gasteiger partial charge in [-0.15, -0.1) is 11.3 Å². The van der Waals surface area contributed by atoms with Crippen LogP contribution in [-0.4, -0.2) is 37.3 Å². The Bertz CT molecular complexity index is 451. The molecule has 0 aromatic carbocycles. The molecule has 1 aliphatic rings. The zero-order valence-corrected chi connectivity index (χ0v) is 12.1. The molecule has 0 spiro atoms. The van der Waals surface area contributed by atoms with Crippen LogP contribution in [-0.2, 0) is 16.6 Å². The van der Waals surface area contributed by atoms with E-state index in [2.05, 4.69) is 16.6 Å². The number of thiazole rings is 1. The SMILES string of the molecule is CC1CCN(S(=O)(=O)NCCc2nccs2)CC1. The minimum Gasteiger partial charge on any atom is -0.250 e. The summed E-state index contributed by atoms with van der Waals surface area (Å²) in [7, 11) is -3.30. The van der Waals surface area contributed by atoms with E-state index in [4.69, 9.17) is 0 Å². The van der Waals surface area contributed by atoms with E-state index in [-0.39, 0.29) is 0 Å². The molecule has 102 valence electrons. The van der Waals surface area contributed by atoms with E-state index >= 15 is 0 Å². The molecule has 0 radical (unpaired) electrons. The first-order chi connectivity index (χ1) is 8.58. The van der Waals surface area contributed by atoms with Gasteiger partial charge in [-0.2, -0.15) is 12.7 Å². The van der Waals surface area contributed by atoms with Crippen LogP contribution in [0, 0.1) is 5.92 Å². The van der Waals surface area contributed by atoms with E-state index in [1.54, 1.807) is 21.8 Å². The highest BCUT2D eigenvalue weighted by Crippen LogP contribution is 2.17. The second-order valence-corrected chi connectivity index (χ2v) is 7.39. The smallest absolute Gasteiger partial charge is 0.250 e. The summed E-state index contributed by atoms with van der Waals surface area (Å²) < 4.78 is 28.2. The minimum atomic E-state index is -3.30. The van der Waals surface area contributed by atoms with Crippen LogP contribution in [0.2, 0.25) is 0 Å². The van der Waals surface area contributed by atoms with Gasteiger partial charge in [0, 0.05) is 37.6 Å². The Balaban J connectivity index is 1.80. The van der Waals surface area contributed by atoms with Gasteiger partial charge < -0.3 is 0 Å². The molecule has 0 aliphatic carbocycles. The maximum atomic E-state index is 12.0. The zero-order valence-electron chi connectivity index (χ0n) is 10.5. The highest BCUT2D eigenvalue weighted by Gasteiger charge is 2.25. The molecule has 1 aromatic rings. The van der Waals surface area contributed by atoms with Gasteiger partial charge in [-0.3, -0.25) is 0 Å². The van der Waals surface area contributed by atoms with E-state index in [0.717, 1.165) is 17.8 Å². The Morgan fingerprint density at radius 1 is 1.50 bits per heavy atom. The molecule has 2 rings (SSSR count). The monoisotopic (exact) mass is 289 g/mol. The molecule has 1 N–H and O–H groups in total. The third-order valence-corrected chi connectivity index (χ3v) is 5.64. The zero-order chi connectivity index (χ0) is 13.0. The quantitative estimate of drug-likeness (QED) is 0.887. The van der Waals surface area contributed by atoms with Crippen molar-refractivity contribution in [1.29, 1.82) is 0 Å². The van der Waals surface area contributed by atoms with Crippen LogP contribution in [0.5, 0.6) is 0 Å². The molecule has 0 saturated carbocycles. The van der Waals surface area contributed by atoms with Crippen molar-refractivity contribution >= 4 is 21.5 Å². The van der Waals surface area contributed by atoms with Crippen LogP contribution in [0.25, 0.3) is 0 Å². The fraction of sp³-hybridized carbons (Fsp3) is 0.727. The fourth-order valence-electron chi connectivity index (χ4n) is 1.98. The van der Waals surface area contributed by atoms with Crippen LogP contribution in [0.3, 0.4) is 0 Å². The van der Waals surface area contributed by atoms with Gasteiger partial charge in [-0.25, -0.2) is 9.71 Å².